The molecule has 0 spiro atoms. The van der Waals surface area contributed by atoms with Crippen molar-refractivity contribution in [2.24, 2.45) is 23.7 Å². The second kappa shape index (κ2) is 58.0. The summed E-state index contributed by atoms with van der Waals surface area (Å²) in [7, 11) is -9.53. The average molecular weight is 1230 g/mol. The van der Waals surface area contributed by atoms with E-state index in [0.29, 0.717) is 25.7 Å². The van der Waals surface area contributed by atoms with Gasteiger partial charge in [-0.15, -0.1) is 0 Å². The summed E-state index contributed by atoms with van der Waals surface area (Å²) in [5.41, 5.74) is 0. The van der Waals surface area contributed by atoms with Crippen molar-refractivity contribution in [3.63, 3.8) is 0 Å². The van der Waals surface area contributed by atoms with Crippen LogP contribution in [0.3, 0.4) is 0 Å². The zero-order valence-corrected chi connectivity index (χ0v) is 50.5. The van der Waals surface area contributed by atoms with Crippen LogP contribution in [0.1, 0.15) is 242 Å². The third-order valence-corrected chi connectivity index (χ3v) is 15.0. The second-order valence-electron chi connectivity index (χ2n) is 19.8. The summed E-state index contributed by atoms with van der Waals surface area (Å²) >= 11 is 0. The number of carbonyl (C=O) groups excluding carboxylic acids is 4. The number of carbonyl (C=O) groups is 8. The van der Waals surface area contributed by atoms with Gasteiger partial charge in [-0.1, -0.05) is 152 Å². The minimum absolute atomic E-state index is 0. The van der Waals surface area contributed by atoms with Gasteiger partial charge in [0.05, 0.1) is 39.3 Å². The molecule has 0 rings (SSSR count). The van der Waals surface area contributed by atoms with Crippen LogP contribution in [0, 0.1) is 23.7 Å². The molecule has 0 saturated carbocycles. The summed E-state index contributed by atoms with van der Waals surface area (Å²) in [5, 5.41) is 29.0. The molecule has 0 fully saturated rings. The summed E-state index contributed by atoms with van der Waals surface area (Å²) < 4.78 is 85.5. The predicted molar refractivity (Wildman–Crippen MR) is 313 cm³/mol. The zero-order chi connectivity index (χ0) is 61.2. The van der Waals surface area contributed by atoms with E-state index in [4.69, 9.17) is 39.4 Å². The summed E-state index contributed by atoms with van der Waals surface area (Å²) in [6, 6.07) is 0. The van der Waals surface area contributed by atoms with E-state index in [1.54, 1.807) is 0 Å². The minimum atomic E-state index is -4.76. The zero-order valence-electron chi connectivity index (χ0n) is 48.8. The van der Waals surface area contributed by atoms with Crippen molar-refractivity contribution >= 4 is 127 Å². The van der Waals surface area contributed by atoms with Gasteiger partial charge < -0.3 is 39.4 Å². The van der Waals surface area contributed by atoms with E-state index in [9.17, 15) is 64.3 Å². The number of hydrogen-bond acceptors (Lipinski definition) is 16. The summed E-state index contributed by atoms with van der Waals surface area (Å²) in [6.07, 6.45) is 19.0. The van der Waals surface area contributed by atoms with Crippen LogP contribution in [0.5, 0.6) is 0 Å². The molecule has 0 aromatic heterocycles. The fourth-order valence-electron chi connectivity index (χ4n) is 7.28. The molecule has 0 aliphatic carbocycles. The SMILES string of the molecule is CCCCC(CC)COC(=O)CC(C(=O)OCC(CC)CCCC)S(=O)(=O)O.CCCCC(CC)COC(=O)CC(C(=O)OCC(CC)CCCC)S(=O)(=O)O.O=C(O)CCCCC(=O)O.O=C(O)CCCCCCCC(=O)O.[NaH].[NaH]. The molecule has 6 atom stereocenters. The predicted octanol–water partition coefficient (Wildman–Crippen LogP) is 9.61. The monoisotopic (exact) mass is 1230 g/mol. The van der Waals surface area contributed by atoms with Crippen molar-refractivity contribution in [2.45, 2.75) is 252 Å². The quantitative estimate of drug-likeness (QED) is 0.0109. The second-order valence-corrected chi connectivity index (χ2v) is 23.0. The molecule has 81 heavy (non-hydrogen) atoms. The van der Waals surface area contributed by atoms with Gasteiger partial charge in [0.15, 0.2) is 10.5 Å². The van der Waals surface area contributed by atoms with Gasteiger partial charge in [0.1, 0.15) is 0 Å². The van der Waals surface area contributed by atoms with Crippen LogP contribution in [-0.2, 0) is 77.5 Å². The van der Waals surface area contributed by atoms with Crippen molar-refractivity contribution in [3.05, 3.63) is 0 Å². The Balaban J connectivity index is -0.000000248. The number of hydrogen-bond donors (Lipinski definition) is 6. The molecule has 0 amide bonds. The molecule has 6 N–H and O–H groups in total. The molecule has 470 valence electrons. The van der Waals surface area contributed by atoms with Crippen LogP contribution >= 0.6 is 0 Å². The normalized spacial score (nSPS) is 13.0. The molecule has 0 aromatic carbocycles. The van der Waals surface area contributed by atoms with Gasteiger partial charge in [-0.05, 0) is 75.0 Å². The first-order valence-electron chi connectivity index (χ1n) is 28.6. The van der Waals surface area contributed by atoms with E-state index < -0.39 is 91.3 Å². The van der Waals surface area contributed by atoms with Crippen LogP contribution < -0.4 is 0 Å². The molecule has 0 heterocycles. The topological polar surface area (TPSA) is 363 Å². The molecule has 0 aliphatic rings. The Hall–Kier alpha value is -2.42. The Morgan fingerprint density at radius 3 is 0.753 bits per heavy atom. The number of unbranched alkanes of at least 4 members (excludes halogenated alkanes) is 9. The van der Waals surface area contributed by atoms with Crippen molar-refractivity contribution in [1.82, 2.24) is 0 Å². The van der Waals surface area contributed by atoms with Gasteiger partial charge in [0.25, 0.3) is 20.2 Å². The van der Waals surface area contributed by atoms with E-state index in [2.05, 4.69) is 27.7 Å². The van der Waals surface area contributed by atoms with Crippen LogP contribution in [-0.4, -0.2) is 190 Å². The third kappa shape index (κ3) is 59.1. The van der Waals surface area contributed by atoms with Gasteiger partial charge in [0.2, 0.25) is 0 Å². The number of carboxylic acids is 4. The van der Waals surface area contributed by atoms with E-state index in [1.807, 2.05) is 27.7 Å². The Bertz CT molecular complexity index is 1750. The molecule has 0 bridgehead atoms. The first-order valence-corrected chi connectivity index (χ1v) is 31.6. The average Bonchev–Trinajstić information content (AvgIpc) is 3.37. The van der Waals surface area contributed by atoms with Gasteiger partial charge >= 0.3 is 107 Å². The number of aliphatic carboxylic acids is 4. The van der Waals surface area contributed by atoms with Gasteiger partial charge in [-0.2, -0.15) is 16.8 Å². The Kier molecular flexibility index (Phi) is 64.3. The third-order valence-electron chi connectivity index (χ3n) is 12.8. The van der Waals surface area contributed by atoms with Gasteiger partial charge in [-0.25, -0.2) is 0 Å². The fourth-order valence-corrected chi connectivity index (χ4v) is 8.59. The Morgan fingerprint density at radius 2 is 0.556 bits per heavy atom. The maximum absolute atomic E-state index is 12.2. The van der Waals surface area contributed by atoms with Gasteiger partial charge in [0, 0.05) is 25.7 Å². The molecule has 26 heteroatoms. The standard InChI is InChI=1S/2C20H38O7S.C9H16O4.C6H10O4.2Na.2H/c2*1-5-9-11-16(7-3)14-26-19(21)13-18(28(23,24)25)20(22)27-15-17(8-4)12-10-6-2;10-8(11)6-4-2-1-3-5-7-9(12)13;7-5(8)3-1-2-4-6(9)10;;;;/h2*16-18H,5-15H2,1-4H3,(H,23,24,25);1-7H2,(H,10,11)(H,12,13);1-4H2,(H,7,8)(H,9,10);;;;. The molecular weight excluding hydrogens is 1120 g/mol. The van der Waals surface area contributed by atoms with E-state index in [0.717, 1.165) is 122 Å². The van der Waals surface area contributed by atoms with Crippen LogP contribution in [0.4, 0.5) is 0 Å². The van der Waals surface area contributed by atoms with Crippen LogP contribution in [0.15, 0.2) is 0 Å². The number of carboxylic acid groups (broad SMARTS) is 4. The Labute approximate surface area is 528 Å². The van der Waals surface area contributed by atoms with E-state index >= 15 is 0 Å². The molecule has 0 radical (unpaired) electrons. The van der Waals surface area contributed by atoms with Crippen molar-refractivity contribution < 1.29 is 104 Å². The number of rotatable bonds is 45. The summed E-state index contributed by atoms with van der Waals surface area (Å²) in [4.78, 5) is 88.4. The summed E-state index contributed by atoms with van der Waals surface area (Å²) in [5.74, 6) is -6.47. The van der Waals surface area contributed by atoms with E-state index in [1.165, 1.54) is 0 Å². The molecule has 0 saturated heterocycles. The first-order chi connectivity index (χ1) is 37.1. The van der Waals surface area contributed by atoms with E-state index in [-0.39, 0.29) is 135 Å². The van der Waals surface area contributed by atoms with Crippen molar-refractivity contribution in [3.8, 4) is 0 Å². The maximum atomic E-state index is 12.2. The molecule has 6 unspecified atom stereocenters. The first kappa shape index (κ1) is 89.8. The molecular formula is C55H104Na2O22S2. The molecule has 0 aliphatic heterocycles. The number of esters is 4. The van der Waals surface area contributed by atoms with Crippen molar-refractivity contribution in [2.75, 3.05) is 26.4 Å². The fraction of sp³-hybridized carbons (Fsp3) is 0.855. The van der Waals surface area contributed by atoms with Gasteiger partial charge in [-0.3, -0.25) is 47.5 Å². The Morgan fingerprint density at radius 1 is 0.346 bits per heavy atom. The molecule has 22 nitrogen and oxygen atoms in total. The molecule has 0 aromatic rings. The van der Waals surface area contributed by atoms with Crippen LogP contribution in [0.25, 0.3) is 0 Å². The summed E-state index contributed by atoms with van der Waals surface area (Å²) in [6.45, 7) is 16.7. The number of ether oxygens (including phenoxy) is 4. The van der Waals surface area contributed by atoms with Crippen LogP contribution in [0.2, 0.25) is 0 Å². The van der Waals surface area contributed by atoms with Crippen molar-refractivity contribution in [1.29, 1.82) is 0 Å².